The first-order valence-corrected chi connectivity index (χ1v) is 10.3. The molecule has 0 aliphatic rings. The highest BCUT2D eigenvalue weighted by Crippen LogP contribution is 2.19. The third-order valence-electron chi connectivity index (χ3n) is 5.21. The molecule has 0 N–H and O–H groups in total. The van der Waals surface area contributed by atoms with E-state index in [1.54, 1.807) is 12.3 Å². The fourth-order valence-corrected chi connectivity index (χ4v) is 3.50. The maximum Gasteiger partial charge on any atom is 0.331 e. The molecule has 0 bridgehead atoms. The number of carbonyl (C=O) groups is 2. The van der Waals surface area contributed by atoms with E-state index < -0.39 is 5.97 Å². The van der Waals surface area contributed by atoms with Gasteiger partial charge in [-0.15, -0.1) is 0 Å². The Morgan fingerprint density at radius 1 is 1.17 bits per heavy atom. The van der Waals surface area contributed by atoms with Crippen molar-refractivity contribution in [1.82, 2.24) is 9.55 Å². The van der Waals surface area contributed by atoms with Gasteiger partial charge >= 0.3 is 5.97 Å². The number of para-hydroxylation sites is 1. The molecule has 3 rings (SSSR count). The summed E-state index contributed by atoms with van der Waals surface area (Å²) >= 11 is 0. The van der Waals surface area contributed by atoms with Gasteiger partial charge in [0.2, 0.25) is 5.78 Å². The van der Waals surface area contributed by atoms with Crippen molar-refractivity contribution in [3.05, 3.63) is 71.2 Å². The van der Waals surface area contributed by atoms with Gasteiger partial charge in [-0.3, -0.25) is 9.78 Å². The summed E-state index contributed by atoms with van der Waals surface area (Å²) in [6.45, 7) is 8.91. The summed E-state index contributed by atoms with van der Waals surface area (Å²) in [6, 6.07) is 11.5. The number of Topliss-reactive ketones (excluding diaryl/α,β-unsaturated/α-hetero) is 1. The topological polar surface area (TPSA) is 61.2 Å². The van der Waals surface area contributed by atoms with Gasteiger partial charge in [-0.2, -0.15) is 0 Å². The number of hydrogen-bond donors (Lipinski definition) is 0. The standard InChI is InChI=1S/C25H28N2O3/c1-17(2)12-14-27-18(3)15-22(19(27)4)23(28)16-30-24(29)11-10-21-8-5-7-20-9-6-13-26-25(20)21/h5-11,13,15,17H,12,14,16H2,1-4H3/b11-10+. The largest absolute Gasteiger partial charge is 0.454 e. The molecule has 2 aromatic heterocycles. The average Bonchev–Trinajstić information content (AvgIpc) is 3.02. The van der Waals surface area contributed by atoms with Crippen molar-refractivity contribution in [3.63, 3.8) is 0 Å². The van der Waals surface area contributed by atoms with Crippen molar-refractivity contribution in [3.8, 4) is 0 Å². The molecular formula is C25H28N2O3. The van der Waals surface area contributed by atoms with Crippen LogP contribution in [0.15, 0.2) is 48.7 Å². The van der Waals surface area contributed by atoms with Gasteiger partial charge < -0.3 is 9.30 Å². The van der Waals surface area contributed by atoms with Crippen LogP contribution in [0.25, 0.3) is 17.0 Å². The number of nitrogens with zero attached hydrogens (tertiary/aromatic N) is 2. The van der Waals surface area contributed by atoms with Crippen molar-refractivity contribution in [1.29, 1.82) is 0 Å². The number of esters is 1. The van der Waals surface area contributed by atoms with Crippen LogP contribution in [0.4, 0.5) is 0 Å². The number of rotatable bonds is 8. The summed E-state index contributed by atoms with van der Waals surface area (Å²) in [7, 11) is 0. The molecule has 5 heteroatoms. The minimum absolute atomic E-state index is 0.188. The number of pyridine rings is 1. The number of carbonyl (C=O) groups excluding carboxylic acids is 2. The molecule has 3 aromatic rings. The third-order valence-corrected chi connectivity index (χ3v) is 5.21. The molecule has 5 nitrogen and oxygen atoms in total. The molecular weight excluding hydrogens is 376 g/mol. The van der Waals surface area contributed by atoms with Crippen molar-refractivity contribution in [2.75, 3.05) is 6.61 Å². The Balaban J connectivity index is 1.63. The lowest BCUT2D eigenvalue weighted by Crippen LogP contribution is -2.14. The number of aromatic nitrogens is 2. The second-order valence-corrected chi connectivity index (χ2v) is 7.91. The zero-order valence-electron chi connectivity index (χ0n) is 18.0. The predicted octanol–water partition coefficient (Wildman–Crippen LogP) is 5.14. The highest BCUT2D eigenvalue weighted by Gasteiger charge is 2.17. The van der Waals surface area contributed by atoms with Crippen LogP contribution < -0.4 is 0 Å². The first kappa shape index (κ1) is 21.5. The maximum atomic E-state index is 12.6. The van der Waals surface area contributed by atoms with Crippen LogP contribution in [0.2, 0.25) is 0 Å². The Hall–Kier alpha value is -3.21. The molecule has 0 saturated carbocycles. The number of ether oxygens (including phenoxy) is 1. The van der Waals surface area contributed by atoms with Gasteiger partial charge in [0.1, 0.15) is 0 Å². The van der Waals surface area contributed by atoms with Crippen LogP contribution in [0.1, 0.15) is 47.6 Å². The predicted molar refractivity (Wildman–Crippen MR) is 119 cm³/mol. The van der Waals surface area contributed by atoms with Crippen LogP contribution in [-0.2, 0) is 16.1 Å². The van der Waals surface area contributed by atoms with E-state index in [-0.39, 0.29) is 12.4 Å². The molecule has 0 atom stereocenters. The van der Waals surface area contributed by atoms with Crippen LogP contribution in [0.3, 0.4) is 0 Å². The molecule has 0 aliphatic heterocycles. The fourth-order valence-electron chi connectivity index (χ4n) is 3.50. The molecule has 0 aliphatic carbocycles. The van der Waals surface area contributed by atoms with Crippen LogP contribution >= 0.6 is 0 Å². The summed E-state index contributed by atoms with van der Waals surface area (Å²) in [6.07, 6.45) is 5.77. The van der Waals surface area contributed by atoms with Gasteiger partial charge in [-0.1, -0.05) is 38.1 Å². The van der Waals surface area contributed by atoms with E-state index in [1.165, 1.54) is 6.08 Å². The number of benzene rings is 1. The highest BCUT2D eigenvalue weighted by atomic mass is 16.5. The van der Waals surface area contributed by atoms with E-state index in [9.17, 15) is 9.59 Å². The van der Waals surface area contributed by atoms with Crippen LogP contribution in [0, 0.1) is 19.8 Å². The monoisotopic (exact) mass is 404 g/mol. The van der Waals surface area contributed by atoms with Gasteiger partial charge in [0, 0.05) is 46.7 Å². The normalized spacial score (nSPS) is 11.5. The minimum Gasteiger partial charge on any atom is -0.454 e. The Morgan fingerprint density at radius 3 is 2.70 bits per heavy atom. The zero-order valence-corrected chi connectivity index (χ0v) is 18.0. The van der Waals surface area contributed by atoms with Crippen molar-refractivity contribution < 1.29 is 14.3 Å². The maximum absolute atomic E-state index is 12.6. The van der Waals surface area contributed by atoms with E-state index in [0.717, 1.165) is 40.8 Å². The molecule has 0 radical (unpaired) electrons. The number of ketones is 1. The van der Waals surface area contributed by atoms with Gasteiger partial charge in [-0.05, 0) is 44.4 Å². The lowest BCUT2D eigenvalue weighted by Gasteiger charge is -2.11. The SMILES string of the molecule is Cc1cc(C(=O)COC(=O)/C=C/c2cccc3cccnc23)c(C)n1CCC(C)C. The number of hydrogen-bond acceptors (Lipinski definition) is 4. The smallest absolute Gasteiger partial charge is 0.331 e. The van der Waals surface area contributed by atoms with Crippen LogP contribution in [-0.4, -0.2) is 27.9 Å². The van der Waals surface area contributed by atoms with Gasteiger partial charge in [-0.25, -0.2) is 4.79 Å². The first-order chi connectivity index (χ1) is 14.4. The lowest BCUT2D eigenvalue weighted by atomic mass is 10.1. The molecule has 1 aromatic carbocycles. The van der Waals surface area contributed by atoms with Crippen molar-refractivity contribution >= 4 is 28.7 Å². The van der Waals surface area contributed by atoms with Gasteiger partial charge in [0.15, 0.2) is 6.61 Å². The quantitative estimate of drug-likeness (QED) is 0.296. The Morgan fingerprint density at radius 2 is 1.93 bits per heavy atom. The minimum atomic E-state index is -0.551. The summed E-state index contributed by atoms with van der Waals surface area (Å²) in [4.78, 5) is 29.1. The second-order valence-electron chi connectivity index (χ2n) is 7.91. The third kappa shape index (κ3) is 5.03. The van der Waals surface area contributed by atoms with Gasteiger partial charge in [0.05, 0.1) is 5.52 Å². The molecule has 30 heavy (non-hydrogen) atoms. The summed E-state index contributed by atoms with van der Waals surface area (Å²) in [5.74, 6) is -0.146. The zero-order chi connectivity index (χ0) is 21.7. The summed E-state index contributed by atoms with van der Waals surface area (Å²) in [5, 5.41) is 0.996. The van der Waals surface area contributed by atoms with Gasteiger partial charge in [0.25, 0.3) is 0 Å². The molecule has 0 saturated heterocycles. The molecule has 0 unspecified atom stereocenters. The van der Waals surface area contributed by atoms with E-state index in [4.69, 9.17) is 4.74 Å². The lowest BCUT2D eigenvalue weighted by molar-refractivity contribution is -0.136. The Labute approximate surface area is 177 Å². The molecule has 0 fully saturated rings. The number of fused-ring (bicyclic) bond motifs is 1. The first-order valence-electron chi connectivity index (χ1n) is 10.3. The molecule has 0 spiro atoms. The molecule has 2 heterocycles. The number of aryl methyl sites for hydroxylation is 1. The second kappa shape index (κ2) is 9.53. The van der Waals surface area contributed by atoms with E-state index in [0.29, 0.717) is 11.5 Å². The molecule has 0 amide bonds. The fraction of sp³-hybridized carbons (Fsp3) is 0.320. The molecule has 156 valence electrons. The van der Waals surface area contributed by atoms with E-state index >= 15 is 0 Å². The summed E-state index contributed by atoms with van der Waals surface area (Å²) < 4.78 is 7.34. The Kier molecular flexibility index (Phi) is 6.83. The van der Waals surface area contributed by atoms with E-state index in [1.807, 2.05) is 50.2 Å². The Bertz CT molecular complexity index is 1090. The summed E-state index contributed by atoms with van der Waals surface area (Å²) in [5.41, 5.74) is 4.23. The average molecular weight is 405 g/mol. The van der Waals surface area contributed by atoms with E-state index in [2.05, 4.69) is 23.4 Å². The highest BCUT2D eigenvalue weighted by molar-refractivity contribution is 6.00. The van der Waals surface area contributed by atoms with Crippen molar-refractivity contribution in [2.24, 2.45) is 5.92 Å². The van der Waals surface area contributed by atoms with Crippen LogP contribution in [0.5, 0.6) is 0 Å². The van der Waals surface area contributed by atoms with Crippen molar-refractivity contribution in [2.45, 2.75) is 40.7 Å².